The van der Waals surface area contributed by atoms with E-state index in [1.54, 1.807) is 11.3 Å². The van der Waals surface area contributed by atoms with Crippen molar-refractivity contribution in [3.05, 3.63) is 45.8 Å². The highest BCUT2D eigenvalue weighted by Gasteiger charge is 2.26. The number of piperidine rings is 1. The molecule has 2 aliphatic rings. The van der Waals surface area contributed by atoms with Crippen LogP contribution < -0.4 is 10.6 Å². The van der Waals surface area contributed by atoms with E-state index in [1.807, 2.05) is 0 Å². The first kappa shape index (κ1) is 21.3. The van der Waals surface area contributed by atoms with Crippen molar-refractivity contribution in [3.63, 3.8) is 0 Å². The van der Waals surface area contributed by atoms with Crippen LogP contribution in [-0.2, 0) is 24.1 Å². The molecule has 1 fully saturated rings. The Kier molecular flexibility index (Phi) is 7.02. The number of nitrogens with one attached hydrogen (secondary N) is 2. The number of hydrogen-bond donors (Lipinski definition) is 2. The minimum absolute atomic E-state index is 0.290. The van der Waals surface area contributed by atoms with Crippen molar-refractivity contribution in [3.8, 4) is 0 Å². The maximum atomic E-state index is 12.4. The summed E-state index contributed by atoms with van der Waals surface area (Å²) in [4.78, 5) is 16.2. The third kappa shape index (κ3) is 5.02. The monoisotopic (exact) mass is 443 g/mol. The van der Waals surface area contributed by atoms with E-state index in [9.17, 15) is 4.79 Å². The molecule has 0 atom stereocenters. The van der Waals surface area contributed by atoms with Crippen molar-refractivity contribution >= 4 is 45.3 Å². The molecule has 1 aliphatic carbocycles. The van der Waals surface area contributed by atoms with Crippen LogP contribution in [0, 0.1) is 0 Å². The topological polar surface area (TPSA) is 53.6 Å². The van der Waals surface area contributed by atoms with Crippen LogP contribution in [0.3, 0.4) is 0 Å². The second-order valence-electron chi connectivity index (χ2n) is 8.02. The van der Waals surface area contributed by atoms with Gasteiger partial charge in [-0.15, -0.1) is 11.3 Å². The summed E-state index contributed by atoms with van der Waals surface area (Å²) in [5.41, 5.74) is 4.04. The van der Waals surface area contributed by atoms with Gasteiger partial charge in [-0.25, -0.2) is 4.79 Å². The number of methoxy groups -OCH3 is 1. The van der Waals surface area contributed by atoms with Gasteiger partial charge in [0.15, 0.2) is 5.11 Å². The molecule has 1 aromatic carbocycles. The van der Waals surface area contributed by atoms with Gasteiger partial charge >= 0.3 is 5.97 Å². The molecule has 5 nitrogen and oxygen atoms in total. The van der Waals surface area contributed by atoms with E-state index >= 15 is 0 Å². The molecule has 1 aromatic heterocycles. The summed E-state index contributed by atoms with van der Waals surface area (Å²) in [5, 5.41) is 7.76. The highest BCUT2D eigenvalue weighted by atomic mass is 32.1. The fourth-order valence-corrected chi connectivity index (χ4v) is 5.87. The summed E-state index contributed by atoms with van der Waals surface area (Å²) < 4.78 is 5.04. The normalized spacial score (nSPS) is 16.6. The van der Waals surface area contributed by atoms with E-state index in [4.69, 9.17) is 17.0 Å². The van der Waals surface area contributed by atoms with Crippen molar-refractivity contribution in [2.24, 2.45) is 0 Å². The predicted octanol–water partition coefficient (Wildman–Crippen LogP) is 5.21. The SMILES string of the molecule is COC(=O)c1c(NC(=S)Nc2ccc(CN3CCCCC3)cc2)sc2c1CCCC2. The lowest BCUT2D eigenvalue weighted by Gasteiger charge is -2.26. The van der Waals surface area contributed by atoms with E-state index in [0.717, 1.165) is 42.1 Å². The largest absolute Gasteiger partial charge is 0.465 e. The number of esters is 1. The Hall–Kier alpha value is -1.96. The summed E-state index contributed by atoms with van der Waals surface area (Å²) >= 11 is 7.15. The fraction of sp³-hybridized carbons (Fsp3) is 0.478. The van der Waals surface area contributed by atoms with Gasteiger partial charge in [0.2, 0.25) is 0 Å². The van der Waals surface area contributed by atoms with Gasteiger partial charge in [0.05, 0.1) is 12.7 Å². The van der Waals surface area contributed by atoms with Crippen molar-refractivity contribution in [2.75, 3.05) is 30.8 Å². The Morgan fingerprint density at radius 1 is 1.07 bits per heavy atom. The number of thiocarbonyl (C=S) groups is 1. The smallest absolute Gasteiger partial charge is 0.341 e. The van der Waals surface area contributed by atoms with Crippen LogP contribution in [-0.4, -0.2) is 36.2 Å². The molecular formula is C23H29N3O2S2. The first-order valence-electron chi connectivity index (χ1n) is 10.8. The maximum Gasteiger partial charge on any atom is 0.341 e. The van der Waals surface area contributed by atoms with Crippen LogP contribution in [0.1, 0.15) is 58.5 Å². The standard InChI is InChI=1S/C23H29N3O2S2/c1-28-22(27)20-18-7-3-4-8-19(18)30-21(20)25-23(29)24-17-11-9-16(10-12-17)15-26-13-5-2-6-14-26/h9-12H,2-8,13-15H2,1H3,(H2,24,25,29). The van der Waals surface area contributed by atoms with Gasteiger partial charge in [-0.3, -0.25) is 4.90 Å². The van der Waals surface area contributed by atoms with E-state index in [0.29, 0.717) is 10.7 Å². The zero-order valence-electron chi connectivity index (χ0n) is 17.5. The lowest BCUT2D eigenvalue weighted by molar-refractivity contribution is 0.0601. The molecule has 2 aromatic rings. The molecule has 2 N–H and O–H groups in total. The highest BCUT2D eigenvalue weighted by Crippen LogP contribution is 2.38. The van der Waals surface area contributed by atoms with E-state index in [-0.39, 0.29) is 5.97 Å². The van der Waals surface area contributed by atoms with Crippen LogP contribution >= 0.6 is 23.6 Å². The number of carbonyl (C=O) groups is 1. The summed E-state index contributed by atoms with van der Waals surface area (Å²) in [6.45, 7) is 3.40. The molecule has 0 radical (unpaired) electrons. The van der Waals surface area contributed by atoms with Gasteiger partial charge in [0.1, 0.15) is 5.00 Å². The average Bonchev–Trinajstić information content (AvgIpc) is 3.13. The number of fused-ring (bicyclic) bond motifs is 1. The number of likely N-dealkylation sites (tertiary alicyclic amines) is 1. The van der Waals surface area contributed by atoms with Crippen LogP contribution in [0.25, 0.3) is 0 Å². The van der Waals surface area contributed by atoms with Gasteiger partial charge in [-0.1, -0.05) is 18.6 Å². The van der Waals surface area contributed by atoms with Crippen LogP contribution in [0.4, 0.5) is 10.7 Å². The lowest BCUT2D eigenvalue weighted by atomic mass is 9.95. The molecule has 0 unspecified atom stereocenters. The van der Waals surface area contributed by atoms with E-state index in [2.05, 4.69) is 39.8 Å². The number of carbonyl (C=O) groups excluding carboxylic acids is 1. The van der Waals surface area contributed by atoms with Gasteiger partial charge in [0.25, 0.3) is 0 Å². The van der Waals surface area contributed by atoms with Crippen molar-refractivity contribution in [2.45, 2.75) is 51.5 Å². The zero-order chi connectivity index (χ0) is 20.9. The Labute approximate surface area is 187 Å². The Morgan fingerprint density at radius 2 is 1.80 bits per heavy atom. The van der Waals surface area contributed by atoms with Gasteiger partial charge in [-0.2, -0.15) is 0 Å². The Balaban J connectivity index is 1.40. The lowest BCUT2D eigenvalue weighted by Crippen LogP contribution is -2.29. The minimum Gasteiger partial charge on any atom is -0.465 e. The molecule has 0 bridgehead atoms. The quantitative estimate of drug-likeness (QED) is 0.489. The summed E-state index contributed by atoms with van der Waals surface area (Å²) in [6, 6.07) is 8.44. The predicted molar refractivity (Wildman–Crippen MR) is 128 cm³/mol. The first-order valence-corrected chi connectivity index (χ1v) is 12.0. The average molecular weight is 444 g/mol. The molecule has 160 valence electrons. The molecule has 7 heteroatoms. The number of anilines is 2. The van der Waals surface area contributed by atoms with Crippen molar-refractivity contribution < 1.29 is 9.53 Å². The second-order valence-corrected chi connectivity index (χ2v) is 9.53. The number of rotatable bonds is 5. The highest BCUT2D eigenvalue weighted by molar-refractivity contribution is 7.80. The Bertz CT molecular complexity index is 902. The van der Waals surface area contributed by atoms with E-state index < -0.39 is 0 Å². The maximum absolute atomic E-state index is 12.4. The van der Waals surface area contributed by atoms with Crippen LogP contribution in [0.2, 0.25) is 0 Å². The molecule has 1 saturated heterocycles. The molecule has 30 heavy (non-hydrogen) atoms. The minimum atomic E-state index is -0.290. The third-order valence-electron chi connectivity index (χ3n) is 5.85. The summed E-state index contributed by atoms with van der Waals surface area (Å²) in [5.74, 6) is -0.290. The van der Waals surface area contributed by atoms with Crippen LogP contribution in [0.15, 0.2) is 24.3 Å². The first-order chi connectivity index (χ1) is 14.6. The van der Waals surface area contributed by atoms with Crippen LogP contribution in [0.5, 0.6) is 0 Å². The van der Waals surface area contributed by atoms with Gasteiger partial charge < -0.3 is 15.4 Å². The van der Waals surface area contributed by atoms with Gasteiger partial charge in [-0.05, 0) is 87.1 Å². The summed E-state index contributed by atoms with van der Waals surface area (Å²) in [6.07, 6.45) is 8.19. The number of aryl methyl sites for hydroxylation is 1. The second kappa shape index (κ2) is 9.90. The number of ether oxygens (including phenoxy) is 1. The fourth-order valence-electron chi connectivity index (χ4n) is 4.31. The number of nitrogens with zero attached hydrogens (tertiary/aromatic N) is 1. The molecule has 0 saturated carbocycles. The van der Waals surface area contributed by atoms with Crippen molar-refractivity contribution in [1.29, 1.82) is 0 Å². The van der Waals surface area contributed by atoms with E-state index in [1.165, 1.54) is 56.3 Å². The van der Waals surface area contributed by atoms with Gasteiger partial charge in [0, 0.05) is 17.1 Å². The third-order valence-corrected chi connectivity index (χ3v) is 7.27. The number of thiophene rings is 1. The number of hydrogen-bond acceptors (Lipinski definition) is 5. The number of benzene rings is 1. The molecule has 0 amide bonds. The molecular weight excluding hydrogens is 414 g/mol. The molecule has 2 heterocycles. The van der Waals surface area contributed by atoms with Crippen molar-refractivity contribution in [1.82, 2.24) is 4.90 Å². The molecule has 1 aliphatic heterocycles. The molecule has 0 spiro atoms. The molecule has 4 rings (SSSR count). The Morgan fingerprint density at radius 3 is 2.53 bits per heavy atom. The zero-order valence-corrected chi connectivity index (χ0v) is 19.1. The summed E-state index contributed by atoms with van der Waals surface area (Å²) in [7, 11) is 1.43.